The predicted molar refractivity (Wildman–Crippen MR) is 121 cm³/mol. The van der Waals surface area contributed by atoms with Crippen LogP contribution in [0.2, 0.25) is 5.15 Å². The summed E-state index contributed by atoms with van der Waals surface area (Å²) >= 11 is 9.61. The Morgan fingerprint density at radius 3 is 2.67 bits per heavy atom. The average Bonchev–Trinajstić information content (AvgIpc) is 2.73. The lowest BCUT2D eigenvalue weighted by Gasteiger charge is -2.34. The van der Waals surface area contributed by atoms with Gasteiger partial charge in [-0.2, -0.15) is 5.26 Å². The van der Waals surface area contributed by atoms with Crippen molar-refractivity contribution in [1.82, 2.24) is 9.55 Å². The highest BCUT2D eigenvalue weighted by Crippen LogP contribution is 2.32. The molecule has 0 N–H and O–H groups in total. The molecule has 154 valence electrons. The van der Waals surface area contributed by atoms with E-state index >= 15 is 0 Å². The van der Waals surface area contributed by atoms with Crippen molar-refractivity contribution < 1.29 is 4.74 Å². The highest BCUT2D eigenvalue weighted by atomic mass is 79.9. The van der Waals surface area contributed by atoms with Crippen LogP contribution < -0.4 is 15.2 Å². The van der Waals surface area contributed by atoms with Gasteiger partial charge in [-0.25, -0.2) is 4.98 Å². The molecule has 4 rings (SSSR count). The number of hydrogen-bond donors (Lipinski definition) is 0. The number of hydrogen-bond acceptors (Lipinski definition) is 5. The van der Waals surface area contributed by atoms with Gasteiger partial charge in [-0.05, 0) is 42.8 Å². The third-order valence-corrected chi connectivity index (χ3v) is 6.19. The number of rotatable bonds is 3. The van der Waals surface area contributed by atoms with E-state index < -0.39 is 0 Å². The van der Waals surface area contributed by atoms with Gasteiger partial charge in [0.15, 0.2) is 0 Å². The molecule has 0 saturated carbocycles. The van der Waals surface area contributed by atoms with Gasteiger partial charge in [0.1, 0.15) is 34.2 Å². The molecular weight excluding hydrogens is 468 g/mol. The summed E-state index contributed by atoms with van der Waals surface area (Å²) in [5, 5.41) is 10.0. The maximum absolute atomic E-state index is 12.8. The summed E-state index contributed by atoms with van der Waals surface area (Å²) in [6.45, 7) is 3.34. The number of nitriles is 1. The topological polar surface area (TPSA) is 71.2 Å². The molecule has 1 aromatic carbocycles. The lowest BCUT2D eigenvalue weighted by Crippen LogP contribution is -2.40. The van der Waals surface area contributed by atoms with Gasteiger partial charge >= 0.3 is 0 Å². The number of halogens is 2. The van der Waals surface area contributed by atoms with Crippen LogP contribution in [0.15, 0.2) is 39.6 Å². The van der Waals surface area contributed by atoms with E-state index in [9.17, 15) is 10.1 Å². The highest BCUT2D eigenvalue weighted by molar-refractivity contribution is 9.10. The molecule has 0 atom stereocenters. The van der Waals surface area contributed by atoms with Crippen LogP contribution in [0.1, 0.15) is 24.0 Å². The van der Waals surface area contributed by atoms with Crippen molar-refractivity contribution in [1.29, 1.82) is 5.26 Å². The standard InChI is InChI=1S/C22H20BrClN4O2/c1-13-11-14(23)3-5-18(13)30-15-7-9-28(10-8-15)21-16(12-25)22(29)27(2)17-4-6-19(24)26-20(17)21/h3-6,11,15H,7-10H2,1-2H3. The number of fused-ring (bicyclic) bond motifs is 1. The average molecular weight is 488 g/mol. The lowest BCUT2D eigenvalue weighted by molar-refractivity contribution is 0.170. The van der Waals surface area contributed by atoms with Crippen molar-refractivity contribution in [3.05, 3.63) is 61.4 Å². The van der Waals surface area contributed by atoms with Crippen molar-refractivity contribution in [2.75, 3.05) is 18.0 Å². The molecule has 0 aliphatic carbocycles. The molecule has 1 aliphatic rings. The molecule has 0 radical (unpaired) electrons. The van der Waals surface area contributed by atoms with Crippen LogP contribution in [0.25, 0.3) is 11.0 Å². The van der Waals surface area contributed by atoms with E-state index in [1.165, 1.54) is 4.57 Å². The van der Waals surface area contributed by atoms with Gasteiger partial charge in [0.25, 0.3) is 5.56 Å². The highest BCUT2D eigenvalue weighted by Gasteiger charge is 2.27. The van der Waals surface area contributed by atoms with Gasteiger partial charge in [-0.1, -0.05) is 27.5 Å². The summed E-state index contributed by atoms with van der Waals surface area (Å²) in [7, 11) is 1.64. The Hall–Kier alpha value is -2.56. The number of aryl methyl sites for hydroxylation is 2. The van der Waals surface area contributed by atoms with E-state index in [2.05, 4.69) is 31.9 Å². The molecule has 3 aromatic rings. The predicted octanol–water partition coefficient (Wildman–Crippen LogP) is 4.58. The molecule has 0 unspecified atom stereocenters. The number of aromatic nitrogens is 2. The van der Waals surface area contributed by atoms with Crippen LogP contribution in [0.3, 0.4) is 0 Å². The van der Waals surface area contributed by atoms with E-state index in [0.29, 0.717) is 35.0 Å². The second-order valence-corrected chi connectivity index (χ2v) is 8.72. The first kappa shape index (κ1) is 20.7. The van der Waals surface area contributed by atoms with Gasteiger partial charge in [0.05, 0.1) is 11.2 Å². The van der Waals surface area contributed by atoms with Crippen molar-refractivity contribution in [2.45, 2.75) is 25.9 Å². The Morgan fingerprint density at radius 2 is 2.00 bits per heavy atom. The van der Waals surface area contributed by atoms with Gasteiger partial charge in [-0.15, -0.1) is 0 Å². The molecule has 6 nitrogen and oxygen atoms in total. The van der Waals surface area contributed by atoms with Gasteiger partial charge in [0, 0.05) is 37.5 Å². The summed E-state index contributed by atoms with van der Waals surface area (Å²) in [6.07, 6.45) is 1.62. The number of anilines is 1. The maximum Gasteiger partial charge on any atom is 0.270 e. The molecule has 3 heterocycles. The minimum Gasteiger partial charge on any atom is -0.490 e. The van der Waals surface area contributed by atoms with E-state index in [0.717, 1.165) is 28.6 Å². The maximum atomic E-state index is 12.8. The van der Waals surface area contributed by atoms with E-state index in [1.54, 1.807) is 19.2 Å². The fourth-order valence-electron chi connectivity index (χ4n) is 3.90. The summed E-state index contributed by atoms with van der Waals surface area (Å²) in [4.78, 5) is 19.3. The van der Waals surface area contributed by atoms with Crippen LogP contribution in [0.5, 0.6) is 5.75 Å². The molecule has 30 heavy (non-hydrogen) atoms. The third kappa shape index (κ3) is 3.78. The normalized spacial score (nSPS) is 14.7. The smallest absolute Gasteiger partial charge is 0.270 e. The van der Waals surface area contributed by atoms with Crippen LogP contribution in [-0.4, -0.2) is 28.7 Å². The number of piperidine rings is 1. The van der Waals surface area contributed by atoms with E-state index in [4.69, 9.17) is 16.3 Å². The number of nitrogens with zero attached hydrogens (tertiary/aromatic N) is 4. The Bertz CT molecular complexity index is 1230. The van der Waals surface area contributed by atoms with Crippen molar-refractivity contribution in [3.8, 4) is 11.8 Å². The lowest BCUT2D eigenvalue weighted by atomic mass is 10.0. The largest absolute Gasteiger partial charge is 0.490 e. The van der Waals surface area contributed by atoms with Crippen LogP contribution in [0, 0.1) is 18.3 Å². The summed E-state index contributed by atoms with van der Waals surface area (Å²) in [5.74, 6) is 0.877. The monoisotopic (exact) mass is 486 g/mol. The van der Waals surface area contributed by atoms with Crippen molar-refractivity contribution in [2.24, 2.45) is 7.05 Å². The fourth-order valence-corrected chi connectivity index (χ4v) is 4.52. The molecule has 2 aromatic heterocycles. The zero-order valence-electron chi connectivity index (χ0n) is 16.7. The zero-order valence-corrected chi connectivity index (χ0v) is 19.0. The molecule has 8 heteroatoms. The number of pyridine rings is 2. The third-order valence-electron chi connectivity index (χ3n) is 5.48. The van der Waals surface area contributed by atoms with Crippen LogP contribution in [0.4, 0.5) is 5.69 Å². The van der Waals surface area contributed by atoms with Crippen LogP contribution >= 0.6 is 27.5 Å². The molecular formula is C22H20BrClN4O2. The van der Waals surface area contributed by atoms with Crippen LogP contribution in [-0.2, 0) is 7.05 Å². The second kappa shape index (κ2) is 8.29. The second-order valence-electron chi connectivity index (χ2n) is 7.42. The minimum absolute atomic E-state index is 0.0704. The van der Waals surface area contributed by atoms with Gasteiger partial charge < -0.3 is 14.2 Å². The van der Waals surface area contributed by atoms with Gasteiger partial charge in [0.2, 0.25) is 0 Å². The van der Waals surface area contributed by atoms with Gasteiger partial charge in [-0.3, -0.25) is 4.79 Å². The number of ether oxygens (including phenoxy) is 1. The fraction of sp³-hybridized carbons (Fsp3) is 0.318. The first-order chi connectivity index (χ1) is 14.4. The summed E-state index contributed by atoms with van der Waals surface area (Å²) < 4.78 is 8.69. The Balaban J connectivity index is 1.63. The molecule has 0 amide bonds. The molecule has 0 spiro atoms. The molecule has 1 fully saturated rings. The SMILES string of the molecule is Cc1cc(Br)ccc1OC1CCN(c2c(C#N)c(=O)n(C)c3ccc(Cl)nc23)CC1. The molecule has 0 bridgehead atoms. The zero-order chi connectivity index (χ0) is 21.4. The Labute approximate surface area is 187 Å². The number of benzene rings is 1. The van der Waals surface area contributed by atoms with Crippen molar-refractivity contribution in [3.63, 3.8) is 0 Å². The first-order valence-corrected chi connectivity index (χ1v) is 10.8. The Morgan fingerprint density at radius 1 is 1.27 bits per heavy atom. The molecule has 1 saturated heterocycles. The van der Waals surface area contributed by atoms with E-state index in [-0.39, 0.29) is 17.2 Å². The van der Waals surface area contributed by atoms with Crippen molar-refractivity contribution >= 4 is 44.3 Å². The Kier molecular flexibility index (Phi) is 5.72. The summed E-state index contributed by atoms with van der Waals surface area (Å²) in [5.41, 5.74) is 2.65. The minimum atomic E-state index is -0.326. The first-order valence-electron chi connectivity index (χ1n) is 9.66. The quantitative estimate of drug-likeness (QED) is 0.506. The van der Waals surface area contributed by atoms with E-state index in [1.807, 2.05) is 25.1 Å². The summed E-state index contributed by atoms with van der Waals surface area (Å²) in [6, 6.07) is 11.5. The molecule has 1 aliphatic heterocycles.